The summed E-state index contributed by atoms with van der Waals surface area (Å²) in [6, 6.07) is 0.549. The quantitative estimate of drug-likeness (QED) is 0.627. The molecule has 2 N–H and O–H groups in total. The molecule has 0 aliphatic carbocycles. The standard InChI is InChI=1S/C9H19NO2/c1-8(2)10-5-3-9(12,7-11)4-6-10/h8,11-12H,3-7H2,1-2H3. The minimum absolute atomic E-state index is 0.0983. The van der Waals surface area contributed by atoms with Gasteiger partial charge in [0.2, 0.25) is 0 Å². The summed E-state index contributed by atoms with van der Waals surface area (Å²) in [4.78, 5) is 2.32. The zero-order chi connectivity index (χ0) is 9.19. The molecular formula is C9H19NO2. The van der Waals surface area contributed by atoms with Gasteiger partial charge in [-0.2, -0.15) is 0 Å². The van der Waals surface area contributed by atoms with Crippen molar-refractivity contribution in [3.05, 3.63) is 0 Å². The third kappa shape index (κ3) is 2.19. The fourth-order valence-electron chi connectivity index (χ4n) is 1.61. The Kier molecular flexibility index (Phi) is 3.09. The van der Waals surface area contributed by atoms with Crippen LogP contribution < -0.4 is 0 Å². The molecule has 0 atom stereocenters. The van der Waals surface area contributed by atoms with Gasteiger partial charge in [0, 0.05) is 19.1 Å². The van der Waals surface area contributed by atoms with Gasteiger partial charge in [-0.05, 0) is 26.7 Å². The van der Waals surface area contributed by atoms with Crippen LogP contribution in [0.1, 0.15) is 26.7 Å². The fraction of sp³-hybridized carbons (Fsp3) is 1.00. The maximum Gasteiger partial charge on any atom is 0.0901 e. The van der Waals surface area contributed by atoms with E-state index in [0.717, 1.165) is 13.1 Å². The second-order valence-electron chi connectivity index (χ2n) is 4.01. The maximum atomic E-state index is 9.70. The van der Waals surface area contributed by atoms with Crippen molar-refractivity contribution in [2.45, 2.75) is 38.3 Å². The van der Waals surface area contributed by atoms with E-state index >= 15 is 0 Å². The highest BCUT2D eigenvalue weighted by Crippen LogP contribution is 2.22. The smallest absolute Gasteiger partial charge is 0.0901 e. The summed E-state index contributed by atoms with van der Waals surface area (Å²) in [6.45, 7) is 6.01. The Morgan fingerprint density at radius 1 is 1.33 bits per heavy atom. The zero-order valence-electron chi connectivity index (χ0n) is 7.95. The molecule has 0 unspecified atom stereocenters. The van der Waals surface area contributed by atoms with Gasteiger partial charge in [-0.15, -0.1) is 0 Å². The molecule has 0 radical (unpaired) electrons. The molecule has 3 heteroatoms. The van der Waals surface area contributed by atoms with Crippen LogP contribution in [0.15, 0.2) is 0 Å². The first-order valence-corrected chi connectivity index (χ1v) is 4.65. The highest BCUT2D eigenvalue weighted by molar-refractivity contribution is 4.85. The van der Waals surface area contributed by atoms with Gasteiger partial charge in [-0.25, -0.2) is 0 Å². The average molecular weight is 173 g/mol. The van der Waals surface area contributed by atoms with Crippen molar-refractivity contribution >= 4 is 0 Å². The van der Waals surface area contributed by atoms with Crippen LogP contribution in [0.2, 0.25) is 0 Å². The first-order chi connectivity index (χ1) is 5.57. The Labute approximate surface area is 74.0 Å². The van der Waals surface area contributed by atoms with E-state index in [9.17, 15) is 5.11 Å². The Balaban J connectivity index is 2.39. The molecule has 0 aromatic heterocycles. The van der Waals surface area contributed by atoms with E-state index < -0.39 is 5.60 Å². The Bertz CT molecular complexity index is 139. The third-order valence-electron chi connectivity index (χ3n) is 2.75. The van der Waals surface area contributed by atoms with E-state index in [2.05, 4.69) is 18.7 Å². The second kappa shape index (κ2) is 3.73. The lowest BCUT2D eigenvalue weighted by molar-refractivity contribution is -0.0637. The fourth-order valence-corrected chi connectivity index (χ4v) is 1.61. The summed E-state index contributed by atoms with van der Waals surface area (Å²) < 4.78 is 0. The summed E-state index contributed by atoms with van der Waals surface area (Å²) in [5.74, 6) is 0. The van der Waals surface area contributed by atoms with E-state index in [1.807, 2.05) is 0 Å². The molecule has 0 amide bonds. The molecule has 0 saturated carbocycles. The Hall–Kier alpha value is -0.120. The Morgan fingerprint density at radius 3 is 2.17 bits per heavy atom. The van der Waals surface area contributed by atoms with E-state index in [4.69, 9.17) is 5.11 Å². The minimum Gasteiger partial charge on any atom is -0.393 e. The number of aliphatic hydroxyl groups is 2. The molecule has 0 aromatic carbocycles. The van der Waals surface area contributed by atoms with Gasteiger partial charge in [-0.1, -0.05) is 0 Å². The van der Waals surface area contributed by atoms with Crippen molar-refractivity contribution < 1.29 is 10.2 Å². The predicted molar refractivity (Wildman–Crippen MR) is 48.0 cm³/mol. The molecule has 0 aromatic rings. The monoisotopic (exact) mass is 173 g/mol. The lowest BCUT2D eigenvalue weighted by atomic mass is 9.92. The van der Waals surface area contributed by atoms with Crippen molar-refractivity contribution in [3.8, 4) is 0 Å². The highest BCUT2D eigenvalue weighted by atomic mass is 16.3. The van der Waals surface area contributed by atoms with Gasteiger partial charge in [0.1, 0.15) is 0 Å². The normalized spacial score (nSPS) is 24.8. The molecule has 3 nitrogen and oxygen atoms in total. The lowest BCUT2D eigenvalue weighted by Gasteiger charge is -2.38. The molecule has 0 bridgehead atoms. The van der Waals surface area contributed by atoms with Crippen molar-refractivity contribution in [3.63, 3.8) is 0 Å². The van der Waals surface area contributed by atoms with Crippen molar-refractivity contribution in [2.24, 2.45) is 0 Å². The minimum atomic E-state index is -0.800. The average Bonchev–Trinajstić information content (AvgIpc) is 2.05. The van der Waals surface area contributed by atoms with Crippen LogP contribution >= 0.6 is 0 Å². The predicted octanol–water partition coefficient (Wildman–Crippen LogP) is 0.214. The third-order valence-corrected chi connectivity index (χ3v) is 2.75. The van der Waals surface area contributed by atoms with Gasteiger partial charge in [0.05, 0.1) is 12.2 Å². The van der Waals surface area contributed by atoms with Crippen LogP contribution in [0, 0.1) is 0 Å². The first kappa shape index (κ1) is 9.96. The van der Waals surface area contributed by atoms with Crippen LogP contribution in [0.3, 0.4) is 0 Å². The Morgan fingerprint density at radius 2 is 1.83 bits per heavy atom. The van der Waals surface area contributed by atoms with Crippen LogP contribution in [-0.4, -0.2) is 46.5 Å². The van der Waals surface area contributed by atoms with E-state index in [-0.39, 0.29) is 6.61 Å². The molecule has 1 fully saturated rings. The zero-order valence-corrected chi connectivity index (χ0v) is 7.95. The first-order valence-electron chi connectivity index (χ1n) is 4.65. The van der Waals surface area contributed by atoms with Crippen LogP contribution in [0.25, 0.3) is 0 Å². The summed E-state index contributed by atoms with van der Waals surface area (Å²) in [5, 5.41) is 18.6. The van der Waals surface area contributed by atoms with E-state index in [1.165, 1.54) is 0 Å². The summed E-state index contributed by atoms with van der Waals surface area (Å²) in [7, 11) is 0. The molecular weight excluding hydrogens is 154 g/mol. The number of likely N-dealkylation sites (tertiary alicyclic amines) is 1. The van der Waals surface area contributed by atoms with Crippen molar-refractivity contribution in [1.29, 1.82) is 0 Å². The molecule has 72 valence electrons. The summed E-state index contributed by atoms with van der Waals surface area (Å²) >= 11 is 0. The van der Waals surface area contributed by atoms with E-state index in [0.29, 0.717) is 18.9 Å². The molecule has 1 rings (SSSR count). The molecule has 1 aliphatic rings. The van der Waals surface area contributed by atoms with E-state index in [1.54, 1.807) is 0 Å². The van der Waals surface area contributed by atoms with Crippen molar-refractivity contribution in [2.75, 3.05) is 19.7 Å². The number of aliphatic hydroxyl groups excluding tert-OH is 1. The molecule has 1 heterocycles. The second-order valence-corrected chi connectivity index (χ2v) is 4.01. The number of hydrogen-bond acceptors (Lipinski definition) is 3. The molecule has 1 aliphatic heterocycles. The highest BCUT2D eigenvalue weighted by Gasteiger charge is 2.31. The largest absolute Gasteiger partial charge is 0.393 e. The van der Waals surface area contributed by atoms with Gasteiger partial charge in [-0.3, -0.25) is 0 Å². The molecule has 1 saturated heterocycles. The van der Waals surface area contributed by atoms with Gasteiger partial charge < -0.3 is 15.1 Å². The van der Waals surface area contributed by atoms with Gasteiger partial charge in [0.15, 0.2) is 0 Å². The van der Waals surface area contributed by atoms with Crippen LogP contribution in [0.4, 0.5) is 0 Å². The summed E-state index contributed by atoms with van der Waals surface area (Å²) in [5.41, 5.74) is -0.800. The topological polar surface area (TPSA) is 43.7 Å². The van der Waals surface area contributed by atoms with Crippen LogP contribution in [0.5, 0.6) is 0 Å². The lowest BCUT2D eigenvalue weighted by Crippen LogP contribution is -2.48. The number of hydrogen-bond donors (Lipinski definition) is 2. The maximum absolute atomic E-state index is 9.70. The number of piperidine rings is 1. The SMILES string of the molecule is CC(C)N1CCC(O)(CO)CC1. The van der Waals surface area contributed by atoms with Crippen molar-refractivity contribution in [1.82, 2.24) is 4.90 Å². The number of nitrogens with zero attached hydrogens (tertiary/aromatic N) is 1. The van der Waals surface area contributed by atoms with Gasteiger partial charge in [0.25, 0.3) is 0 Å². The molecule has 12 heavy (non-hydrogen) atoms. The van der Waals surface area contributed by atoms with Gasteiger partial charge >= 0.3 is 0 Å². The molecule has 0 spiro atoms. The summed E-state index contributed by atoms with van der Waals surface area (Å²) in [6.07, 6.45) is 1.39. The number of rotatable bonds is 2. The van der Waals surface area contributed by atoms with Crippen LogP contribution in [-0.2, 0) is 0 Å².